The number of amides is 1. The van der Waals surface area contributed by atoms with Crippen LogP contribution in [0, 0.1) is 0 Å². The molecular weight excluding hydrogens is 251 g/mol. The standard InChI is InChI=1S/C10H6Cl2N2O2/c11-7-2-1-6-5(8(7)12)3-4-13-9(6)10(15)14-16/h1-4,16H,(H,14,15). The molecule has 16 heavy (non-hydrogen) atoms. The summed E-state index contributed by atoms with van der Waals surface area (Å²) >= 11 is 11.8. The lowest BCUT2D eigenvalue weighted by molar-refractivity contribution is 0.0703. The Morgan fingerprint density at radius 1 is 1.25 bits per heavy atom. The number of hydroxylamine groups is 1. The number of carbonyl (C=O) groups excluding carboxylic acids is 1. The van der Waals surface area contributed by atoms with Gasteiger partial charge in [0.25, 0.3) is 5.91 Å². The first-order valence-corrected chi connectivity index (χ1v) is 5.08. The Bertz CT molecular complexity index is 572. The molecule has 0 unspecified atom stereocenters. The third kappa shape index (κ3) is 1.71. The van der Waals surface area contributed by atoms with E-state index < -0.39 is 5.91 Å². The number of hydrogen-bond donors (Lipinski definition) is 2. The summed E-state index contributed by atoms with van der Waals surface area (Å²) < 4.78 is 0. The van der Waals surface area contributed by atoms with Gasteiger partial charge in [0, 0.05) is 17.0 Å². The van der Waals surface area contributed by atoms with Crippen LogP contribution in [0.1, 0.15) is 10.5 Å². The highest BCUT2D eigenvalue weighted by Gasteiger charge is 2.13. The largest absolute Gasteiger partial charge is 0.293 e. The Kier molecular flexibility index (Phi) is 2.96. The van der Waals surface area contributed by atoms with E-state index in [0.29, 0.717) is 20.8 Å². The van der Waals surface area contributed by atoms with Crippen LogP contribution in [0.25, 0.3) is 10.8 Å². The number of benzene rings is 1. The highest BCUT2D eigenvalue weighted by Crippen LogP contribution is 2.31. The van der Waals surface area contributed by atoms with Crippen LogP contribution in [0.5, 0.6) is 0 Å². The molecule has 4 nitrogen and oxygen atoms in total. The molecule has 0 aliphatic carbocycles. The fourth-order valence-electron chi connectivity index (χ4n) is 1.43. The highest BCUT2D eigenvalue weighted by atomic mass is 35.5. The molecule has 0 atom stereocenters. The molecule has 0 saturated heterocycles. The van der Waals surface area contributed by atoms with E-state index in [2.05, 4.69) is 4.98 Å². The van der Waals surface area contributed by atoms with Gasteiger partial charge < -0.3 is 0 Å². The zero-order valence-corrected chi connectivity index (χ0v) is 9.38. The van der Waals surface area contributed by atoms with Crippen molar-refractivity contribution >= 4 is 39.9 Å². The molecule has 1 amide bonds. The van der Waals surface area contributed by atoms with Crippen molar-refractivity contribution in [2.75, 3.05) is 0 Å². The van der Waals surface area contributed by atoms with Crippen LogP contribution in [0.15, 0.2) is 24.4 Å². The summed E-state index contributed by atoms with van der Waals surface area (Å²) in [6.45, 7) is 0. The first-order chi connectivity index (χ1) is 7.65. The van der Waals surface area contributed by atoms with Crippen molar-refractivity contribution < 1.29 is 10.0 Å². The lowest BCUT2D eigenvalue weighted by Crippen LogP contribution is -2.20. The summed E-state index contributed by atoms with van der Waals surface area (Å²) in [4.78, 5) is 15.2. The lowest BCUT2D eigenvalue weighted by atomic mass is 10.1. The monoisotopic (exact) mass is 256 g/mol. The van der Waals surface area contributed by atoms with Crippen LogP contribution < -0.4 is 5.48 Å². The maximum Gasteiger partial charge on any atom is 0.293 e. The maximum atomic E-state index is 11.3. The van der Waals surface area contributed by atoms with E-state index in [9.17, 15) is 4.79 Å². The Labute approximate surface area is 101 Å². The first-order valence-electron chi connectivity index (χ1n) is 4.32. The minimum atomic E-state index is -0.691. The van der Waals surface area contributed by atoms with E-state index in [1.54, 1.807) is 18.2 Å². The number of pyridine rings is 1. The maximum absolute atomic E-state index is 11.3. The fraction of sp³-hybridized carbons (Fsp3) is 0. The number of aromatic nitrogens is 1. The quantitative estimate of drug-likeness (QED) is 0.609. The molecule has 82 valence electrons. The van der Waals surface area contributed by atoms with E-state index in [4.69, 9.17) is 28.4 Å². The summed E-state index contributed by atoms with van der Waals surface area (Å²) in [6, 6.07) is 4.85. The van der Waals surface area contributed by atoms with Gasteiger partial charge in [0.15, 0.2) is 0 Å². The summed E-state index contributed by atoms with van der Waals surface area (Å²) in [6.07, 6.45) is 1.43. The van der Waals surface area contributed by atoms with Crippen molar-refractivity contribution in [2.45, 2.75) is 0 Å². The van der Waals surface area contributed by atoms with Crippen molar-refractivity contribution in [1.29, 1.82) is 0 Å². The van der Waals surface area contributed by atoms with E-state index in [1.165, 1.54) is 11.7 Å². The summed E-state index contributed by atoms with van der Waals surface area (Å²) in [5.74, 6) is -0.691. The predicted octanol–water partition coefficient (Wildman–Crippen LogP) is 2.66. The average molecular weight is 257 g/mol. The molecule has 2 N–H and O–H groups in total. The van der Waals surface area contributed by atoms with Crippen molar-refractivity contribution in [2.24, 2.45) is 0 Å². The van der Waals surface area contributed by atoms with Crippen molar-refractivity contribution in [3.05, 3.63) is 40.1 Å². The van der Waals surface area contributed by atoms with Gasteiger partial charge in [-0.05, 0) is 12.1 Å². The number of hydrogen-bond acceptors (Lipinski definition) is 3. The number of fused-ring (bicyclic) bond motifs is 1. The molecule has 0 radical (unpaired) electrons. The third-order valence-corrected chi connectivity index (χ3v) is 2.97. The molecule has 0 spiro atoms. The normalized spacial score (nSPS) is 10.4. The third-order valence-electron chi connectivity index (χ3n) is 2.15. The van der Waals surface area contributed by atoms with E-state index in [-0.39, 0.29) is 5.69 Å². The second-order valence-corrected chi connectivity index (χ2v) is 3.84. The van der Waals surface area contributed by atoms with Crippen molar-refractivity contribution in [3.63, 3.8) is 0 Å². The van der Waals surface area contributed by atoms with Crippen LogP contribution in [-0.2, 0) is 0 Å². The van der Waals surface area contributed by atoms with Gasteiger partial charge in [-0.2, -0.15) is 0 Å². The average Bonchev–Trinajstić information content (AvgIpc) is 2.32. The number of nitrogens with zero attached hydrogens (tertiary/aromatic N) is 1. The van der Waals surface area contributed by atoms with E-state index in [1.807, 2.05) is 0 Å². The van der Waals surface area contributed by atoms with E-state index in [0.717, 1.165) is 0 Å². The minimum Gasteiger partial charge on any atom is -0.288 e. The second kappa shape index (κ2) is 4.25. The highest BCUT2D eigenvalue weighted by molar-refractivity contribution is 6.45. The Morgan fingerprint density at radius 3 is 2.69 bits per heavy atom. The Morgan fingerprint density at radius 2 is 2.00 bits per heavy atom. The zero-order chi connectivity index (χ0) is 11.7. The summed E-state index contributed by atoms with van der Waals surface area (Å²) in [5, 5.41) is 10.5. The smallest absolute Gasteiger partial charge is 0.288 e. The van der Waals surface area contributed by atoms with Crippen LogP contribution in [-0.4, -0.2) is 16.1 Å². The van der Waals surface area contributed by atoms with Gasteiger partial charge in [-0.25, -0.2) is 5.48 Å². The topological polar surface area (TPSA) is 62.2 Å². The fourth-order valence-corrected chi connectivity index (χ4v) is 1.82. The van der Waals surface area contributed by atoms with Crippen molar-refractivity contribution in [3.8, 4) is 0 Å². The zero-order valence-electron chi connectivity index (χ0n) is 7.87. The Balaban J connectivity index is 2.79. The first kappa shape index (κ1) is 11.1. The van der Waals surface area contributed by atoms with Gasteiger partial charge in [0.05, 0.1) is 10.0 Å². The van der Waals surface area contributed by atoms with Crippen LogP contribution >= 0.6 is 23.2 Å². The van der Waals surface area contributed by atoms with Crippen molar-refractivity contribution in [1.82, 2.24) is 10.5 Å². The minimum absolute atomic E-state index is 0.0959. The molecule has 0 saturated carbocycles. The van der Waals surface area contributed by atoms with Gasteiger partial charge >= 0.3 is 0 Å². The molecule has 1 aromatic carbocycles. The predicted molar refractivity (Wildman–Crippen MR) is 61.0 cm³/mol. The molecule has 2 rings (SSSR count). The van der Waals surface area contributed by atoms with Crippen LogP contribution in [0.4, 0.5) is 0 Å². The molecular formula is C10H6Cl2N2O2. The molecule has 6 heteroatoms. The van der Waals surface area contributed by atoms with Gasteiger partial charge in [-0.3, -0.25) is 15.0 Å². The summed E-state index contributed by atoms with van der Waals surface area (Å²) in [7, 11) is 0. The lowest BCUT2D eigenvalue weighted by Gasteiger charge is -2.05. The number of rotatable bonds is 1. The van der Waals surface area contributed by atoms with E-state index >= 15 is 0 Å². The molecule has 1 heterocycles. The van der Waals surface area contributed by atoms with Gasteiger partial charge in [-0.1, -0.05) is 29.3 Å². The molecule has 0 aliphatic heterocycles. The summed E-state index contributed by atoms with van der Waals surface area (Å²) in [5.41, 5.74) is 1.63. The number of nitrogens with one attached hydrogen (secondary N) is 1. The van der Waals surface area contributed by atoms with Gasteiger partial charge in [0.1, 0.15) is 5.69 Å². The number of halogens is 2. The molecule has 2 aromatic rings. The second-order valence-electron chi connectivity index (χ2n) is 3.06. The molecule has 0 fully saturated rings. The Hall–Kier alpha value is -1.36. The van der Waals surface area contributed by atoms with Crippen LogP contribution in [0.2, 0.25) is 10.0 Å². The SMILES string of the molecule is O=C(NO)c1nccc2c(Cl)c(Cl)ccc12. The van der Waals surface area contributed by atoms with Crippen LogP contribution in [0.3, 0.4) is 0 Å². The van der Waals surface area contributed by atoms with Gasteiger partial charge in [0.2, 0.25) is 0 Å². The molecule has 0 bridgehead atoms. The van der Waals surface area contributed by atoms with Gasteiger partial charge in [-0.15, -0.1) is 0 Å². The molecule has 0 aliphatic rings. The number of carbonyl (C=O) groups is 1. The molecule has 1 aromatic heterocycles.